The van der Waals surface area contributed by atoms with Gasteiger partial charge in [0.15, 0.2) is 0 Å². The smallest absolute Gasteiger partial charge is 0.339 e. The molecular formula is C27H34Cl2F4N4O. The molecule has 1 amide bonds. The lowest BCUT2D eigenvalue weighted by Gasteiger charge is -2.29. The van der Waals surface area contributed by atoms with Crippen LogP contribution in [-0.4, -0.2) is 92.5 Å². The molecule has 2 aromatic carbocycles. The fourth-order valence-corrected chi connectivity index (χ4v) is 5.17. The first-order chi connectivity index (χ1) is 17.8. The van der Waals surface area contributed by atoms with Gasteiger partial charge in [-0.25, -0.2) is 4.39 Å². The van der Waals surface area contributed by atoms with Crippen LogP contribution in [0.3, 0.4) is 0 Å². The van der Waals surface area contributed by atoms with Crippen molar-refractivity contribution in [2.45, 2.75) is 31.1 Å². The second-order valence-electron chi connectivity index (χ2n) is 10.3. The molecule has 1 unspecified atom stereocenters. The lowest BCUT2D eigenvalue weighted by molar-refractivity contribution is -0.140. The predicted molar refractivity (Wildman–Crippen MR) is 143 cm³/mol. The Bertz CT molecular complexity index is 1110. The maximum absolute atomic E-state index is 14.2. The van der Waals surface area contributed by atoms with E-state index < -0.39 is 17.6 Å². The van der Waals surface area contributed by atoms with E-state index in [0.717, 1.165) is 37.2 Å². The lowest BCUT2D eigenvalue weighted by Crippen LogP contribution is -2.41. The van der Waals surface area contributed by atoms with Gasteiger partial charge in [-0.05, 0) is 83.1 Å². The SMILES string of the molecule is CN(C)CCCN(C)CC(=O)N1CC(N(C)Cc2ccc(C(F)(F)F)c(F)c2)[C@@H](c2ccc(Cl)c(Cl)c2)C1. The van der Waals surface area contributed by atoms with Gasteiger partial charge in [-0.2, -0.15) is 13.2 Å². The summed E-state index contributed by atoms with van der Waals surface area (Å²) in [7, 11) is 7.76. The van der Waals surface area contributed by atoms with Crippen molar-refractivity contribution in [2.24, 2.45) is 0 Å². The Morgan fingerprint density at radius 3 is 2.32 bits per heavy atom. The van der Waals surface area contributed by atoms with Gasteiger partial charge in [0.2, 0.25) is 5.91 Å². The summed E-state index contributed by atoms with van der Waals surface area (Å²) < 4.78 is 53.2. The molecule has 2 aromatic rings. The van der Waals surface area contributed by atoms with E-state index in [1.165, 1.54) is 6.07 Å². The van der Waals surface area contributed by atoms with E-state index in [-0.39, 0.29) is 31.0 Å². The van der Waals surface area contributed by atoms with Crippen LogP contribution in [0.1, 0.15) is 29.0 Å². The number of hydrogen-bond donors (Lipinski definition) is 0. The molecule has 0 aliphatic carbocycles. The number of carbonyl (C=O) groups excluding carboxylic acids is 1. The van der Waals surface area contributed by atoms with E-state index in [4.69, 9.17) is 23.2 Å². The van der Waals surface area contributed by atoms with Crippen molar-refractivity contribution in [3.8, 4) is 0 Å². The van der Waals surface area contributed by atoms with Gasteiger partial charge in [0.25, 0.3) is 0 Å². The summed E-state index contributed by atoms with van der Waals surface area (Å²) in [5.41, 5.74) is 0.0331. The van der Waals surface area contributed by atoms with Crippen LogP contribution in [0, 0.1) is 5.82 Å². The Labute approximate surface area is 231 Å². The summed E-state index contributed by atoms with van der Waals surface area (Å²) >= 11 is 12.4. The normalized spacial score (nSPS) is 18.3. The summed E-state index contributed by atoms with van der Waals surface area (Å²) in [5, 5.41) is 0.826. The highest BCUT2D eigenvalue weighted by atomic mass is 35.5. The number of likely N-dealkylation sites (N-methyl/N-ethyl adjacent to an activating group) is 2. The van der Waals surface area contributed by atoms with Gasteiger partial charge in [-0.15, -0.1) is 0 Å². The maximum atomic E-state index is 14.2. The fourth-order valence-electron chi connectivity index (χ4n) is 4.87. The van der Waals surface area contributed by atoms with E-state index in [2.05, 4.69) is 4.90 Å². The molecule has 0 saturated carbocycles. The molecule has 0 spiro atoms. The van der Waals surface area contributed by atoms with Crippen LogP contribution < -0.4 is 0 Å². The molecule has 210 valence electrons. The third kappa shape index (κ3) is 8.05. The topological polar surface area (TPSA) is 30.0 Å². The Hall–Kier alpha value is -1.91. The lowest BCUT2D eigenvalue weighted by atomic mass is 9.93. The molecule has 0 aromatic heterocycles. The van der Waals surface area contributed by atoms with E-state index in [1.807, 2.05) is 49.0 Å². The van der Waals surface area contributed by atoms with Crippen molar-refractivity contribution in [3.05, 3.63) is 69.0 Å². The Kier molecular flexibility index (Phi) is 10.4. The highest BCUT2D eigenvalue weighted by molar-refractivity contribution is 6.42. The minimum atomic E-state index is -4.75. The zero-order chi connectivity index (χ0) is 28.2. The van der Waals surface area contributed by atoms with Crippen molar-refractivity contribution >= 4 is 29.1 Å². The van der Waals surface area contributed by atoms with Crippen LogP contribution in [0.5, 0.6) is 0 Å². The molecule has 3 rings (SSSR count). The number of benzene rings is 2. The average Bonchev–Trinajstić information content (AvgIpc) is 3.26. The summed E-state index contributed by atoms with van der Waals surface area (Å²) in [6.45, 7) is 3.09. The molecule has 1 heterocycles. The molecule has 2 atom stereocenters. The molecule has 11 heteroatoms. The molecule has 1 aliphatic rings. The molecule has 0 bridgehead atoms. The van der Waals surface area contributed by atoms with Crippen LogP contribution in [-0.2, 0) is 17.5 Å². The molecule has 5 nitrogen and oxygen atoms in total. The summed E-state index contributed by atoms with van der Waals surface area (Å²) in [5.74, 6) is -1.42. The van der Waals surface area contributed by atoms with Crippen molar-refractivity contribution in [1.82, 2.24) is 19.6 Å². The highest BCUT2D eigenvalue weighted by Crippen LogP contribution is 2.36. The van der Waals surface area contributed by atoms with Gasteiger partial charge in [-0.1, -0.05) is 35.3 Å². The van der Waals surface area contributed by atoms with E-state index in [1.54, 1.807) is 12.1 Å². The van der Waals surface area contributed by atoms with Crippen molar-refractivity contribution in [2.75, 3.05) is 60.9 Å². The summed E-state index contributed by atoms with van der Waals surface area (Å²) in [6.07, 6.45) is -3.81. The van der Waals surface area contributed by atoms with Gasteiger partial charge in [0.1, 0.15) is 5.82 Å². The summed E-state index contributed by atoms with van der Waals surface area (Å²) in [4.78, 5) is 21.1. The first-order valence-corrected chi connectivity index (χ1v) is 13.1. The second-order valence-corrected chi connectivity index (χ2v) is 11.1. The van der Waals surface area contributed by atoms with Gasteiger partial charge in [0, 0.05) is 31.6 Å². The Morgan fingerprint density at radius 1 is 1.00 bits per heavy atom. The van der Waals surface area contributed by atoms with Crippen LogP contribution in [0.25, 0.3) is 0 Å². The molecule has 0 N–H and O–H groups in total. The van der Waals surface area contributed by atoms with Crippen LogP contribution in [0.15, 0.2) is 36.4 Å². The van der Waals surface area contributed by atoms with Gasteiger partial charge in [0.05, 0.1) is 22.2 Å². The number of amides is 1. The number of hydrogen-bond acceptors (Lipinski definition) is 4. The predicted octanol–water partition coefficient (Wildman–Crippen LogP) is 5.46. The van der Waals surface area contributed by atoms with Gasteiger partial charge >= 0.3 is 6.18 Å². The molecule has 1 aliphatic heterocycles. The van der Waals surface area contributed by atoms with E-state index in [9.17, 15) is 22.4 Å². The average molecular weight is 577 g/mol. The number of carbonyl (C=O) groups is 1. The third-order valence-corrected chi connectivity index (χ3v) is 7.64. The molecule has 38 heavy (non-hydrogen) atoms. The minimum absolute atomic E-state index is 0.00103. The van der Waals surface area contributed by atoms with Crippen LogP contribution in [0.4, 0.5) is 17.6 Å². The monoisotopic (exact) mass is 576 g/mol. The second kappa shape index (κ2) is 13.0. The number of rotatable bonds is 10. The fraction of sp³-hybridized carbons (Fsp3) is 0.519. The third-order valence-electron chi connectivity index (χ3n) is 6.90. The zero-order valence-electron chi connectivity index (χ0n) is 22.0. The van der Waals surface area contributed by atoms with E-state index in [0.29, 0.717) is 28.7 Å². The largest absolute Gasteiger partial charge is 0.419 e. The van der Waals surface area contributed by atoms with Crippen molar-refractivity contribution in [1.29, 1.82) is 0 Å². The minimum Gasteiger partial charge on any atom is -0.339 e. The maximum Gasteiger partial charge on any atom is 0.419 e. The van der Waals surface area contributed by atoms with Gasteiger partial charge in [-0.3, -0.25) is 14.6 Å². The van der Waals surface area contributed by atoms with Crippen molar-refractivity contribution < 1.29 is 22.4 Å². The number of likely N-dealkylation sites (tertiary alicyclic amines) is 1. The molecule has 1 fully saturated rings. The van der Waals surface area contributed by atoms with Crippen LogP contribution in [0.2, 0.25) is 10.0 Å². The zero-order valence-corrected chi connectivity index (χ0v) is 23.5. The number of alkyl halides is 3. The van der Waals surface area contributed by atoms with Crippen molar-refractivity contribution in [3.63, 3.8) is 0 Å². The number of halogens is 6. The van der Waals surface area contributed by atoms with Gasteiger partial charge < -0.3 is 9.80 Å². The van der Waals surface area contributed by atoms with Crippen LogP contribution >= 0.6 is 23.2 Å². The first-order valence-electron chi connectivity index (χ1n) is 12.4. The Morgan fingerprint density at radius 2 is 1.71 bits per heavy atom. The molecule has 0 radical (unpaired) electrons. The summed E-state index contributed by atoms with van der Waals surface area (Å²) in [6, 6.07) is 8.19. The highest BCUT2D eigenvalue weighted by Gasteiger charge is 2.39. The molecule has 1 saturated heterocycles. The standard InChI is InChI=1S/C27H34Cl2F4N4O/c1-34(2)10-5-11-35(3)17-26(38)37-15-20(19-7-9-22(28)23(29)13-19)25(16-37)36(4)14-18-6-8-21(24(30)12-18)27(31,32)33/h6-9,12-13,20,25H,5,10-11,14-17H2,1-4H3/t20-,25?/m1/s1. The Balaban J connectivity index is 1.77. The first kappa shape index (κ1) is 30.6. The number of nitrogens with zero attached hydrogens (tertiary/aromatic N) is 4. The quantitative estimate of drug-likeness (QED) is 0.351. The van der Waals surface area contributed by atoms with E-state index >= 15 is 0 Å². The molecular weight excluding hydrogens is 543 g/mol.